The number of rotatable bonds is 2. The summed E-state index contributed by atoms with van der Waals surface area (Å²) in [5.74, 6) is -0.516. The normalized spacial score (nSPS) is 23.8. The first-order valence-electron chi connectivity index (χ1n) is 10.2. The molecule has 4 rings (SSSR count). The number of benzene rings is 2. The molecule has 2 aromatic rings. The van der Waals surface area contributed by atoms with Crippen LogP contribution in [-0.4, -0.2) is 17.9 Å². The van der Waals surface area contributed by atoms with Crippen molar-refractivity contribution in [2.45, 2.75) is 45.7 Å². The Kier molecular flexibility index (Phi) is 4.55. The molecule has 3 atom stereocenters. The highest BCUT2D eigenvalue weighted by Crippen LogP contribution is 2.56. The van der Waals surface area contributed by atoms with E-state index in [0.29, 0.717) is 0 Å². The summed E-state index contributed by atoms with van der Waals surface area (Å²) in [6.07, 6.45) is 3.92. The number of hydrogen-bond acceptors (Lipinski definition) is 4. The molecule has 30 heavy (non-hydrogen) atoms. The molecule has 4 nitrogen and oxygen atoms in total. The van der Waals surface area contributed by atoms with Gasteiger partial charge in [-0.25, -0.2) is 0 Å². The van der Waals surface area contributed by atoms with Gasteiger partial charge in [-0.1, -0.05) is 74.9 Å². The van der Waals surface area contributed by atoms with E-state index < -0.39 is 28.8 Å². The first-order chi connectivity index (χ1) is 14.2. The van der Waals surface area contributed by atoms with Crippen molar-refractivity contribution in [2.75, 3.05) is 4.90 Å². The highest BCUT2D eigenvalue weighted by molar-refractivity contribution is 5.96. The minimum absolute atomic E-state index is 0.0375. The zero-order chi connectivity index (χ0) is 21.7. The number of Topliss-reactive ketones (excluding diaryl/α,β-unsaturated/α-hetero) is 1. The maximum Gasteiger partial charge on any atom is 0.176 e. The van der Waals surface area contributed by atoms with Gasteiger partial charge in [0.15, 0.2) is 11.2 Å². The second kappa shape index (κ2) is 6.85. The number of aryl methyl sites for hydroxylation is 1. The van der Waals surface area contributed by atoms with E-state index in [1.807, 2.05) is 87.2 Å². The van der Waals surface area contributed by atoms with E-state index in [-0.39, 0.29) is 5.78 Å². The summed E-state index contributed by atoms with van der Waals surface area (Å²) in [6.45, 7) is 7.74. The van der Waals surface area contributed by atoms with Gasteiger partial charge in [0.05, 0.1) is 24.2 Å². The number of carbonyl (C=O) groups excluding carboxylic acids is 1. The van der Waals surface area contributed by atoms with Gasteiger partial charge in [-0.2, -0.15) is 10.5 Å². The topological polar surface area (TPSA) is 67.9 Å². The Bertz CT molecular complexity index is 1100. The van der Waals surface area contributed by atoms with Gasteiger partial charge in [0, 0.05) is 17.0 Å². The summed E-state index contributed by atoms with van der Waals surface area (Å²) >= 11 is 0. The standard InChI is InChI=1S/C26H25N3O/c1-17-10-12-20-19(14-17)11-13-21-26(15-27,16-28)22(18-8-6-5-7-9-18)23(29(20)21)24(30)25(2,3)4/h5-14,21-23H,1-4H3/t21-,22-,23+/m1/s1. The lowest BCUT2D eigenvalue weighted by molar-refractivity contribution is -0.127. The van der Waals surface area contributed by atoms with Crippen LogP contribution in [0, 0.1) is 40.4 Å². The molecule has 2 aliphatic heterocycles. The molecule has 0 amide bonds. The van der Waals surface area contributed by atoms with Gasteiger partial charge in [-0.3, -0.25) is 4.79 Å². The Morgan fingerprint density at radius 3 is 2.33 bits per heavy atom. The van der Waals surface area contributed by atoms with Gasteiger partial charge in [-0.05, 0) is 30.2 Å². The average molecular weight is 396 g/mol. The molecule has 1 fully saturated rings. The molecule has 0 saturated carbocycles. The predicted octanol–water partition coefficient (Wildman–Crippen LogP) is 5.01. The first-order valence-corrected chi connectivity index (χ1v) is 10.2. The Morgan fingerprint density at radius 1 is 1.07 bits per heavy atom. The molecule has 4 heteroatoms. The number of carbonyl (C=O) groups is 1. The monoisotopic (exact) mass is 395 g/mol. The van der Waals surface area contributed by atoms with Crippen LogP contribution in [0.25, 0.3) is 6.08 Å². The molecular weight excluding hydrogens is 370 g/mol. The third-order valence-corrected chi connectivity index (χ3v) is 6.33. The van der Waals surface area contributed by atoms with Gasteiger partial charge < -0.3 is 4.90 Å². The molecule has 0 aromatic heterocycles. The van der Waals surface area contributed by atoms with Crippen LogP contribution in [0.1, 0.15) is 43.4 Å². The maximum atomic E-state index is 13.8. The molecule has 2 aromatic carbocycles. The van der Waals surface area contributed by atoms with Crippen molar-refractivity contribution in [3.8, 4) is 12.1 Å². The summed E-state index contributed by atoms with van der Waals surface area (Å²) < 4.78 is 0. The molecule has 150 valence electrons. The number of ketones is 1. The lowest BCUT2D eigenvalue weighted by Gasteiger charge is -2.37. The quantitative estimate of drug-likeness (QED) is 0.717. The van der Waals surface area contributed by atoms with Gasteiger partial charge >= 0.3 is 0 Å². The molecule has 2 heterocycles. The maximum absolute atomic E-state index is 13.8. The summed E-state index contributed by atoms with van der Waals surface area (Å²) in [4.78, 5) is 15.9. The van der Waals surface area contributed by atoms with E-state index in [4.69, 9.17) is 0 Å². The van der Waals surface area contributed by atoms with E-state index in [0.717, 1.165) is 22.4 Å². The molecule has 0 radical (unpaired) electrons. The van der Waals surface area contributed by atoms with Crippen molar-refractivity contribution < 1.29 is 4.79 Å². The van der Waals surface area contributed by atoms with Crippen LogP contribution in [0.5, 0.6) is 0 Å². The van der Waals surface area contributed by atoms with Crippen LogP contribution in [0.2, 0.25) is 0 Å². The van der Waals surface area contributed by atoms with Crippen LogP contribution in [0.15, 0.2) is 54.6 Å². The fraction of sp³-hybridized carbons (Fsp3) is 0.346. The van der Waals surface area contributed by atoms with Gasteiger partial charge in [0.25, 0.3) is 0 Å². The largest absolute Gasteiger partial charge is 0.351 e. The van der Waals surface area contributed by atoms with Crippen molar-refractivity contribution in [3.63, 3.8) is 0 Å². The smallest absolute Gasteiger partial charge is 0.176 e. The van der Waals surface area contributed by atoms with Crippen LogP contribution in [0.4, 0.5) is 5.69 Å². The molecule has 0 bridgehead atoms. The van der Waals surface area contributed by atoms with Crippen LogP contribution in [0.3, 0.4) is 0 Å². The number of anilines is 1. The summed E-state index contributed by atoms with van der Waals surface area (Å²) in [7, 11) is 0. The lowest BCUT2D eigenvalue weighted by atomic mass is 9.68. The second-order valence-electron chi connectivity index (χ2n) is 9.31. The average Bonchev–Trinajstić information content (AvgIpc) is 3.03. The zero-order valence-electron chi connectivity index (χ0n) is 17.8. The van der Waals surface area contributed by atoms with E-state index in [9.17, 15) is 15.3 Å². The fourth-order valence-electron chi connectivity index (χ4n) is 4.89. The van der Waals surface area contributed by atoms with Crippen molar-refractivity contribution in [1.29, 1.82) is 10.5 Å². The number of fused-ring (bicyclic) bond motifs is 3. The Balaban J connectivity index is 2.03. The van der Waals surface area contributed by atoms with Gasteiger partial charge in [0.1, 0.15) is 0 Å². The van der Waals surface area contributed by atoms with E-state index in [2.05, 4.69) is 18.2 Å². The summed E-state index contributed by atoms with van der Waals surface area (Å²) in [6, 6.07) is 19.3. The van der Waals surface area contributed by atoms with Crippen molar-refractivity contribution in [3.05, 3.63) is 71.3 Å². The first kappa shape index (κ1) is 19.9. The zero-order valence-corrected chi connectivity index (χ0v) is 17.8. The van der Waals surface area contributed by atoms with E-state index in [1.54, 1.807) is 0 Å². The van der Waals surface area contributed by atoms with Crippen molar-refractivity contribution in [1.82, 2.24) is 0 Å². The molecule has 1 saturated heterocycles. The Morgan fingerprint density at radius 2 is 1.73 bits per heavy atom. The second-order valence-corrected chi connectivity index (χ2v) is 9.31. The SMILES string of the molecule is Cc1ccc2c(c1)C=C[C@H]1N2[C@H](C(=O)C(C)(C)C)[C@@H](c2ccccc2)C1(C#N)C#N. The van der Waals surface area contributed by atoms with Crippen LogP contribution < -0.4 is 4.90 Å². The molecule has 0 N–H and O–H groups in total. The molecule has 2 aliphatic rings. The predicted molar refractivity (Wildman–Crippen MR) is 118 cm³/mol. The van der Waals surface area contributed by atoms with Gasteiger partial charge in [-0.15, -0.1) is 0 Å². The number of nitrogens with zero attached hydrogens (tertiary/aromatic N) is 3. The minimum Gasteiger partial charge on any atom is -0.351 e. The summed E-state index contributed by atoms with van der Waals surface area (Å²) in [5.41, 5.74) is 1.91. The van der Waals surface area contributed by atoms with Crippen molar-refractivity contribution >= 4 is 17.5 Å². The van der Waals surface area contributed by atoms with Crippen LogP contribution >= 0.6 is 0 Å². The minimum atomic E-state index is -1.37. The third-order valence-electron chi connectivity index (χ3n) is 6.33. The molecule has 0 unspecified atom stereocenters. The van der Waals surface area contributed by atoms with E-state index >= 15 is 0 Å². The fourth-order valence-corrected chi connectivity index (χ4v) is 4.89. The lowest BCUT2D eigenvalue weighted by Crippen LogP contribution is -2.47. The summed E-state index contributed by atoms with van der Waals surface area (Å²) in [5, 5.41) is 20.7. The van der Waals surface area contributed by atoms with Crippen molar-refractivity contribution in [2.24, 2.45) is 10.8 Å². The highest BCUT2D eigenvalue weighted by Gasteiger charge is 2.64. The van der Waals surface area contributed by atoms with E-state index in [1.165, 1.54) is 0 Å². The molecule has 0 spiro atoms. The Hall–Kier alpha value is -3.37. The molecular formula is C26H25N3O. The van der Waals surface area contributed by atoms with Gasteiger partial charge in [0.2, 0.25) is 0 Å². The Labute approximate surface area is 178 Å². The third kappa shape index (κ3) is 2.76. The van der Waals surface area contributed by atoms with Crippen LogP contribution in [-0.2, 0) is 4.79 Å². The molecule has 0 aliphatic carbocycles. The number of nitriles is 2. The highest BCUT2D eigenvalue weighted by atomic mass is 16.1. The number of hydrogen-bond donors (Lipinski definition) is 0.